The van der Waals surface area contributed by atoms with Crippen LogP contribution in [-0.2, 0) is 19.5 Å². The Bertz CT molecular complexity index is 590. The van der Waals surface area contributed by atoms with Crippen LogP contribution in [0.4, 0.5) is 0 Å². The molecule has 0 atom stereocenters. The Morgan fingerprint density at radius 2 is 1.68 bits per heavy atom. The Balaban J connectivity index is 1.46. The molecule has 1 aromatic carbocycles. The predicted octanol–water partition coefficient (Wildman–Crippen LogP) is 2.60. The zero-order valence-corrected chi connectivity index (χ0v) is 13.6. The number of nitrogens with zero attached hydrogens (tertiary/aromatic N) is 4. The van der Waals surface area contributed by atoms with Crippen molar-refractivity contribution in [3.05, 3.63) is 46.6 Å². The van der Waals surface area contributed by atoms with Gasteiger partial charge in [0.15, 0.2) is 5.82 Å². The van der Waals surface area contributed by atoms with Gasteiger partial charge in [0.05, 0.1) is 6.54 Å². The van der Waals surface area contributed by atoms with Crippen LogP contribution in [0.15, 0.2) is 28.8 Å². The summed E-state index contributed by atoms with van der Waals surface area (Å²) in [6.07, 6.45) is 0.818. The lowest BCUT2D eigenvalue weighted by Crippen LogP contribution is -2.45. The Kier molecular flexibility index (Phi) is 5.08. The highest BCUT2D eigenvalue weighted by molar-refractivity contribution is 6.30. The molecule has 118 valence electrons. The summed E-state index contributed by atoms with van der Waals surface area (Å²) in [5, 5.41) is 4.74. The van der Waals surface area contributed by atoms with Gasteiger partial charge < -0.3 is 4.52 Å². The third kappa shape index (κ3) is 4.06. The van der Waals surface area contributed by atoms with Crippen molar-refractivity contribution in [2.45, 2.75) is 26.4 Å². The maximum atomic E-state index is 5.92. The second kappa shape index (κ2) is 7.22. The Morgan fingerprint density at radius 3 is 2.27 bits per heavy atom. The molecule has 1 aromatic heterocycles. The average molecular weight is 321 g/mol. The first-order valence-corrected chi connectivity index (χ1v) is 8.11. The van der Waals surface area contributed by atoms with Crippen molar-refractivity contribution in [1.82, 2.24) is 19.9 Å². The molecule has 0 radical (unpaired) electrons. The van der Waals surface area contributed by atoms with E-state index < -0.39 is 0 Å². The minimum Gasteiger partial charge on any atom is -0.338 e. The molecule has 0 saturated carbocycles. The molecule has 0 aliphatic carbocycles. The minimum absolute atomic E-state index is 0.725. The van der Waals surface area contributed by atoms with Gasteiger partial charge in [0.25, 0.3) is 0 Å². The van der Waals surface area contributed by atoms with E-state index in [0.29, 0.717) is 0 Å². The van der Waals surface area contributed by atoms with Crippen molar-refractivity contribution in [3.63, 3.8) is 0 Å². The van der Waals surface area contributed by atoms with Crippen molar-refractivity contribution in [1.29, 1.82) is 0 Å². The Hall–Kier alpha value is -1.43. The van der Waals surface area contributed by atoms with E-state index in [-0.39, 0.29) is 0 Å². The van der Waals surface area contributed by atoms with Crippen LogP contribution in [0.1, 0.15) is 24.2 Å². The Morgan fingerprint density at radius 1 is 1.05 bits per heavy atom. The van der Waals surface area contributed by atoms with Gasteiger partial charge in [0, 0.05) is 44.2 Å². The van der Waals surface area contributed by atoms with Crippen LogP contribution >= 0.6 is 11.6 Å². The highest BCUT2D eigenvalue weighted by atomic mass is 35.5. The molecular weight excluding hydrogens is 300 g/mol. The second-order valence-corrected chi connectivity index (χ2v) is 6.07. The van der Waals surface area contributed by atoms with Gasteiger partial charge in [0.1, 0.15) is 0 Å². The summed E-state index contributed by atoms with van der Waals surface area (Å²) < 4.78 is 5.26. The number of piperazine rings is 1. The summed E-state index contributed by atoms with van der Waals surface area (Å²) in [6.45, 7) is 7.92. The molecule has 2 heterocycles. The zero-order valence-electron chi connectivity index (χ0n) is 12.8. The third-order valence-corrected chi connectivity index (χ3v) is 4.22. The van der Waals surface area contributed by atoms with Gasteiger partial charge in [-0.3, -0.25) is 9.80 Å². The molecule has 1 fully saturated rings. The fourth-order valence-corrected chi connectivity index (χ4v) is 2.77. The molecular formula is C16H21ClN4O. The number of aromatic nitrogens is 2. The quantitative estimate of drug-likeness (QED) is 0.847. The number of hydrogen-bond acceptors (Lipinski definition) is 5. The van der Waals surface area contributed by atoms with E-state index in [2.05, 4.69) is 32.1 Å². The van der Waals surface area contributed by atoms with Gasteiger partial charge in [-0.15, -0.1) is 0 Å². The van der Waals surface area contributed by atoms with Crippen LogP contribution < -0.4 is 0 Å². The predicted molar refractivity (Wildman–Crippen MR) is 85.7 cm³/mol. The Labute approximate surface area is 135 Å². The van der Waals surface area contributed by atoms with E-state index in [9.17, 15) is 0 Å². The molecule has 3 rings (SSSR count). The smallest absolute Gasteiger partial charge is 0.240 e. The monoisotopic (exact) mass is 320 g/mol. The van der Waals surface area contributed by atoms with Crippen LogP contribution in [0.5, 0.6) is 0 Å². The maximum Gasteiger partial charge on any atom is 0.240 e. The van der Waals surface area contributed by atoms with Crippen molar-refractivity contribution < 1.29 is 4.52 Å². The van der Waals surface area contributed by atoms with Gasteiger partial charge >= 0.3 is 0 Å². The molecule has 0 amide bonds. The van der Waals surface area contributed by atoms with Crippen LogP contribution in [0, 0.1) is 0 Å². The lowest BCUT2D eigenvalue weighted by molar-refractivity contribution is 0.112. The number of benzene rings is 1. The van der Waals surface area contributed by atoms with E-state index in [1.165, 1.54) is 5.56 Å². The minimum atomic E-state index is 0.725. The maximum absolute atomic E-state index is 5.92. The van der Waals surface area contributed by atoms with E-state index in [0.717, 1.165) is 62.4 Å². The molecule has 6 heteroatoms. The topological polar surface area (TPSA) is 45.4 Å². The summed E-state index contributed by atoms with van der Waals surface area (Å²) in [6, 6.07) is 8.10. The summed E-state index contributed by atoms with van der Waals surface area (Å²) in [4.78, 5) is 9.20. The first kappa shape index (κ1) is 15.5. The number of halogens is 1. The van der Waals surface area contributed by atoms with Crippen molar-refractivity contribution in [2.24, 2.45) is 0 Å². The van der Waals surface area contributed by atoms with E-state index in [1.807, 2.05) is 19.1 Å². The number of aryl methyl sites for hydroxylation is 1. The highest BCUT2D eigenvalue weighted by Gasteiger charge is 2.19. The van der Waals surface area contributed by atoms with Crippen molar-refractivity contribution in [3.8, 4) is 0 Å². The molecule has 0 bridgehead atoms. The highest BCUT2D eigenvalue weighted by Crippen LogP contribution is 2.13. The first-order valence-electron chi connectivity index (χ1n) is 7.73. The molecule has 22 heavy (non-hydrogen) atoms. The van der Waals surface area contributed by atoms with E-state index >= 15 is 0 Å². The third-order valence-electron chi connectivity index (χ3n) is 3.97. The van der Waals surface area contributed by atoms with Gasteiger partial charge in [-0.2, -0.15) is 4.98 Å². The molecule has 0 spiro atoms. The summed E-state index contributed by atoms with van der Waals surface area (Å²) in [5.74, 6) is 1.51. The molecule has 1 aliphatic heterocycles. The largest absolute Gasteiger partial charge is 0.338 e. The van der Waals surface area contributed by atoms with E-state index in [1.54, 1.807) is 0 Å². The summed E-state index contributed by atoms with van der Waals surface area (Å²) in [7, 11) is 0. The average Bonchev–Trinajstić information content (AvgIpc) is 2.99. The van der Waals surface area contributed by atoms with Crippen molar-refractivity contribution >= 4 is 11.6 Å². The number of hydrogen-bond donors (Lipinski definition) is 0. The zero-order chi connectivity index (χ0) is 15.4. The van der Waals surface area contributed by atoms with Crippen LogP contribution in [0.3, 0.4) is 0 Å². The standard InChI is InChI=1S/C16H21ClN4O/c1-2-15-18-16(22-19-15)12-21-9-7-20(8-10-21)11-13-3-5-14(17)6-4-13/h3-6H,2,7-12H2,1H3. The van der Waals surface area contributed by atoms with Gasteiger partial charge in [0.2, 0.25) is 5.89 Å². The fraction of sp³-hybridized carbons (Fsp3) is 0.500. The molecule has 1 aliphatic rings. The van der Waals surface area contributed by atoms with Gasteiger partial charge in [-0.1, -0.05) is 35.8 Å². The second-order valence-electron chi connectivity index (χ2n) is 5.64. The van der Waals surface area contributed by atoms with Gasteiger partial charge in [-0.05, 0) is 17.7 Å². The van der Waals surface area contributed by atoms with Crippen LogP contribution in [0.25, 0.3) is 0 Å². The van der Waals surface area contributed by atoms with Crippen molar-refractivity contribution in [2.75, 3.05) is 26.2 Å². The molecule has 0 unspecified atom stereocenters. The molecule has 2 aromatic rings. The van der Waals surface area contributed by atoms with Crippen LogP contribution in [0.2, 0.25) is 5.02 Å². The SMILES string of the molecule is CCc1noc(CN2CCN(Cc3ccc(Cl)cc3)CC2)n1. The molecule has 1 saturated heterocycles. The number of rotatable bonds is 5. The lowest BCUT2D eigenvalue weighted by Gasteiger charge is -2.33. The first-order chi connectivity index (χ1) is 10.7. The molecule has 5 nitrogen and oxygen atoms in total. The van der Waals surface area contributed by atoms with Crippen LogP contribution in [-0.4, -0.2) is 46.1 Å². The summed E-state index contributed by atoms with van der Waals surface area (Å²) in [5.41, 5.74) is 1.31. The van der Waals surface area contributed by atoms with Gasteiger partial charge in [-0.25, -0.2) is 0 Å². The normalized spacial score (nSPS) is 17.0. The lowest BCUT2D eigenvalue weighted by atomic mass is 10.2. The summed E-state index contributed by atoms with van der Waals surface area (Å²) >= 11 is 5.92. The molecule has 0 N–H and O–H groups in total. The van der Waals surface area contributed by atoms with E-state index in [4.69, 9.17) is 16.1 Å². The fourth-order valence-electron chi connectivity index (χ4n) is 2.64.